The molecule has 2 heterocycles. The monoisotopic (exact) mass is 802 g/mol. The lowest BCUT2D eigenvalue weighted by Crippen LogP contribution is -2.25. The third-order valence-electron chi connectivity index (χ3n) is 9.84. The number of phenols is 2. The van der Waals surface area contributed by atoms with Crippen molar-refractivity contribution in [1.29, 1.82) is 0 Å². The summed E-state index contributed by atoms with van der Waals surface area (Å²) < 4.78 is 0. The summed E-state index contributed by atoms with van der Waals surface area (Å²) in [6, 6.07) is 21.1. The molecule has 59 heavy (non-hydrogen) atoms. The van der Waals surface area contributed by atoms with Crippen LogP contribution >= 0.6 is 0 Å². The van der Waals surface area contributed by atoms with Crippen LogP contribution in [-0.4, -0.2) is 37.2 Å². The number of aromatic nitrogens is 2. The Morgan fingerprint density at radius 2 is 0.949 bits per heavy atom. The number of fused-ring (bicyclic) bond motifs is 2. The minimum absolute atomic E-state index is 0.00220. The van der Waals surface area contributed by atoms with E-state index in [-0.39, 0.29) is 49.7 Å². The van der Waals surface area contributed by atoms with Crippen LogP contribution in [0.3, 0.4) is 0 Å². The summed E-state index contributed by atoms with van der Waals surface area (Å²) >= 11 is 0. The predicted molar refractivity (Wildman–Crippen MR) is 239 cm³/mol. The SMILES string of the molecule is CC(C)(C)c1cc(C(C)(C)C)c(NC(=O)c2c[nH]c3ccccc3c2=O)cc1O.CC(C)(C)c1cc(C(C)(C)C)c(O)cc1N.O=C(O)c1c[nH]c2ccccc2c1=O. The number of carboxylic acids is 1. The second-order valence-corrected chi connectivity index (χ2v) is 18.8. The number of hydrogen-bond acceptors (Lipinski definition) is 7. The molecule has 8 N–H and O–H groups in total. The molecule has 0 saturated carbocycles. The summed E-state index contributed by atoms with van der Waals surface area (Å²) in [7, 11) is 0. The molecule has 6 aromatic rings. The first kappa shape index (κ1) is 45.3. The van der Waals surface area contributed by atoms with E-state index in [0.29, 0.717) is 33.2 Å². The molecule has 0 atom stereocenters. The molecule has 0 radical (unpaired) electrons. The molecule has 6 rings (SSSR count). The molecular weight excluding hydrogens is 745 g/mol. The number of aromatic carboxylic acids is 1. The van der Waals surface area contributed by atoms with Gasteiger partial charge in [0.2, 0.25) is 10.9 Å². The second-order valence-electron chi connectivity index (χ2n) is 18.8. The number of rotatable bonds is 3. The van der Waals surface area contributed by atoms with E-state index in [2.05, 4.69) is 56.8 Å². The number of nitrogen functional groups attached to an aromatic ring is 1. The molecule has 0 fully saturated rings. The van der Waals surface area contributed by atoms with Crippen molar-refractivity contribution >= 4 is 45.1 Å². The third kappa shape index (κ3) is 10.6. The van der Waals surface area contributed by atoms with Crippen molar-refractivity contribution in [3.63, 3.8) is 0 Å². The minimum Gasteiger partial charge on any atom is -0.508 e. The molecule has 2 aromatic heterocycles. The molecular formula is C48H58N4O7. The average Bonchev–Trinajstić information content (AvgIpc) is 3.10. The fourth-order valence-electron chi connectivity index (χ4n) is 6.62. The number of carboxylic acid groups (broad SMARTS) is 1. The molecule has 0 aliphatic rings. The second kappa shape index (κ2) is 16.9. The van der Waals surface area contributed by atoms with Gasteiger partial charge in [0, 0.05) is 57.7 Å². The Morgan fingerprint density at radius 3 is 1.39 bits per heavy atom. The number of H-pyrrole nitrogens is 2. The molecule has 0 unspecified atom stereocenters. The minimum atomic E-state index is -1.21. The molecule has 0 aliphatic carbocycles. The Labute approximate surface area is 345 Å². The van der Waals surface area contributed by atoms with E-state index in [1.807, 2.05) is 59.7 Å². The first-order chi connectivity index (χ1) is 27.1. The smallest absolute Gasteiger partial charge is 0.341 e. The van der Waals surface area contributed by atoms with Gasteiger partial charge in [0.05, 0.1) is 0 Å². The van der Waals surface area contributed by atoms with Crippen molar-refractivity contribution in [2.45, 2.75) is 105 Å². The van der Waals surface area contributed by atoms with Gasteiger partial charge >= 0.3 is 5.97 Å². The molecule has 4 aromatic carbocycles. The zero-order chi connectivity index (χ0) is 44.4. The third-order valence-corrected chi connectivity index (χ3v) is 9.84. The maximum atomic E-state index is 12.9. The standard InChI is InChI=1S/C24H28N2O3.C14H23NO.C10H7NO3/c1-23(2,3)16-11-17(24(4,5)6)20(27)12-19(16)26-22(29)15-13-25-18-10-8-7-9-14(18)21(15)28;1-13(2,3)9-7-10(14(4,5)6)12(16)8-11(9)15;12-9-6-3-1-2-4-8(6)11-5-7(9)10(13)14/h7-13,27H,1-6H3,(H,25,28)(H,26,29);7-8,16H,15H2,1-6H3;1-5H,(H,11,12)(H,13,14). The number of hydrogen-bond donors (Lipinski definition) is 7. The Kier molecular flexibility index (Phi) is 13.0. The summed E-state index contributed by atoms with van der Waals surface area (Å²) in [6.45, 7) is 24.9. The highest BCUT2D eigenvalue weighted by atomic mass is 16.4. The van der Waals surface area contributed by atoms with E-state index in [9.17, 15) is 29.4 Å². The largest absolute Gasteiger partial charge is 0.508 e. The maximum absolute atomic E-state index is 12.9. The van der Waals surface area contributed by atoms with Gasteiger partial charge in [-0.15, -0.1) is 0 Å². The maximum Gasteiger partial charge on any atom is 0.341 e. The summed E-state index contributed by atoms with van der Waals surface area (Å²) in [5.74, 6) is -1.31. The van der Waals surface area contributed by atoms with Crippen molar-refractivity contribution < 1.29 is 24.9 Å². The van der Waals surface area contributed by atoms with Crippen molar-refractivity contribution in [3.05, 3.63) is 139 Å². The Hall–Kier alpha value is -6.36. The number of anilines is 2. The first-order valence-electron chi connectivity index (χ1n) is 19.4. The van der Waals surface area contributed by atoms with Gasteiger partial charge in [-0.1, -0.05) is 107 Å². The number of phenolic OH excluding ortho intramolecular Hbond substituents is 2. The molecule has 0 spiro atoms. The Balaban J connectivity index is 0.000000216. The highest BCUT2D eigenvalue weighted by molar-refractivity contribution is 6.06. The number of carbonyl (C=O) groups excluding carboxylic acids is 1. The molecule has 0 aliphatic heterocycles. The van der Waals surface area contributed by atoms with Crippen molar-refractivity contribution in [2.24, 2.45) is 0 Å². The zero-order valence-electron chi connectivity index (χ0n) is 36.1. The number of para-hydroxylation sites is 2. The number of nitrogens with one attached hydrogen (secondary N) is 3. The number of pyridine rings is 2. The van der Waals surface area contributed by atoms with Gasteiger partial charge in [-0.3, -0.25) is 14.4 Å². The summed E-state index contributed by atoms with van der Waals surface area (Å²) in [5.41, 5.74) is 10.6. The Bertz CT molecular complexity index is 2610. The van der Waals surface area contributed by atoms with E-state index in [4.69, 9.17) is 10.8 Å². The molecule has 11 nitrogen and oxygen atoms in total. The number of carbonyl (C=O) groups is 2. The van der Waals surface area contributed by atoms with Crippen LogP contribution in [0.4, 0.5) is 11.4 Å². The fraction of sp³-hybridized carbons (Fsp3) is 0.333. The number of aromatic hydroxyl groups is 2. The van der Waals surface area contributed by atoms with Crippen LogP contribution in [0.1, 0.15) is 126 Å². The van der Waals surface area contributed by atoms with Crippen molar-refractivity contribution in [2.75, 3.05) is 11.1 Å². The van der Waals surface area contributed by atoms with Crippen LogP contribution in [0.15, 0.2) is 94.8 Å². The summed E-state index contributed by atoms with van der Waals surface area (Å²) in [5, 5.41) is 32.9. The van der Waals surface area contributed by atoms with E-state index in [1.165, 1.54) is 12.4 Å². The van der Waals surface area contributed by atoms with E-state index < -0.39 is 17.3 Å². The highest BCUT2D eigenvalue weighted by Crippen LogP contribution is 2.40. The molecule has 0 bridgehead atoms. The van der Waals surface area contributed by atoms with Crippen LogP contribution in [0.25, 0.3) is 21.8 Å². The molecule has 11 heteroatoms. The molecule has 0 saturated heterocycles. The van der Waals surface area contributed by atoms with Gasteiger partial charge in [0.1, 0.15) is 22.6 Å². The van der Waals surface area contributed by atoms with Gasteiger partial charge < -0.3 is 36.3 Å². The normalized spacial score (nSPS) is 11.9. The van der Waals surface area contributed by atoms with E-state index >= 15 is 0 Å². The van der Waals surface area contributed by atoms with Crippen LogP contribution < -0.4 is 21.9 Å². The lowest BCUT2D eigenvalue weighted by molar-refractivity contribution is 0.0695. The number of aromatic amines is 2. The van der Waals surface area contributed by atoms with E-state index in [1.54, 1.807) is 54.6 Å². The molecule has 312 valence electrons. The van der Waals surface area contributed by atoms with Crippen LogP contribution in [-0.2, 0) is 21.7 Å². The number of benzene rings is 4. The van der Waals surface area contributed by atoms with Gasteiger partial charge in [-0.2, -0.15) is 0 Å². The van der Waals surface area contributed by atoms with Crippen molar-refractivity contribution in [3.8, 4) is 11.5 Å². The number of amides is 1. The van der Waals surface area contributed by atoms with E-state index in [0.717, 1.165) is 22.3 Å². The summed E-state index contributed by atoms with van der Waals surface area (Å²) in [4.78, 5) is 53.7. The fourth-order valence-corrected chi connectivity index (χ4v) is 6.62. The van der Waals surface area contributed by atoms with Gasteiger partial charge in [-0.05, 0) is 80.3 Å². The van der Waals surface area contributed by atoms with Gasteiger partial charge in [0.15, 0.2) is 0 Å². The van der Waals surface area contributed by atoms with Gasteiger partial charge in [0.25, 0.3) is 5.91 Å². The van der Waals surface area contributed by atoms with Crippen LogP contribution in [0.2, 0.25) is 0 Å². The topological polar surface area (TPSA) is 199 Å². The first-order valence-corrected chi connectivity index (χ1v) is 19.4. The quantitative estimate of drug-likeness (QED) is 0.0858. The Morgan fingerprint density at radius 1 is 0.559 bits per heavy atom. The van der Waals surface area contributed by atoms with Crippen molar-refractivity contribution in [1.82, 2.24) is 9.97 Å². The lowest BCUT2D eigenvalue weighted by Gasteiger charge is -2.28. The lowest BCUT2D eigenvalue weighted by atomic mass is 9.79. The summed E-state index contributed by atoms with van der Waals surface area (Å²) in [6.07, 6.45) is 2.65. The predicted octanol–water partition coefficient (Wildman–Crippen LogP) is 9.88. The van der Waals surface area contributed by atoms with Crippen LogP contribution in [0, 0.1) is 0 Å². The average molecular weight is 803 g/mol. The van der Waals surface area contributed by atoms with Gasteiger partial charge in [-0.25, -0.2) is 4.79 Å². The molecule has 1 amide bonds. The number of nitrogens with two attached hydrogens (primary N) is 1. The highest BCUT2D eigenvalue weighted by Gasteiger charge is 2.27. The zero-order valence-corrected chi connectivity index (χ0v) is 36.1. The van der Waals surface area contributed by atoms with Crippen LogP contribution in [0.5, 0.6) is 11.5 Å².